The largest absolute Gasteiger partial charge is 0.345 e. The van der Waals surface area contributed by atoms with Gasteiger partial charge in [0.1, 0.15) is 12.2 Å². The Morgan fingerprint density at radius 3 is 3.12 bits per heavy atom. The Morgan fingerprint density at radius 1 is 1.46 bits per heavy atom. The Morgan fingerprint density at radius 2 is 2.33 bits per heavy atom. The lowest BCUT2D eigenvalue weighted by atomic mass is 9.93. The number of nitrogens with zero attached hydrogens (tertiary/aromatic N) is 6. The molecule has 3 aromatic heterocycles. The van der Waals surface area contributed by atoms with Gasteiger partial charge in [-0.1, -0.05) is 13.3 Å². The van der Waals surface area contributed by atoms with Crippen molar-refractivity contribution in [2.75, 3.05) is 13.1 Å². The van der Waals surface area contributed by atoms with E-state index in [9.17, 15) is 4.79 Å². The molecule has 4 rings (SSSR count). The Bertz CT molecular complexity index is 950. The van der Waals surface area contributed by atoms with Crippen molar-refractivity contribution in [2.24, 2.45) is 5.92 Å². The summed E-state index contributed by atoms with van der Waals surface area (Å²) in [6.07, 6.45) is 4.41. The lowest BCUT2D eigenvalue weighted by Gasteiger charge is -2.14. The lowest BCUT2D eigenvalue weighted by Crippen LogP contribution is -2.28. The molecule has 3 aromatic rings. The predicted molar refractivity (Wildman–Crippen MR) is 86.0 cm³/mol. The molecule has 0 aliphatic carbocycles. The van der Waals surface area contributed by atoms with E-state index in [4.69, 9.17) is 5.26 Å². The first kappa shape index (κ1) is 14.6. The molecule has 0 bridgehead atoms. The van der Waals surface area contributed by atoms with Crippen LogP contribution in [0.3, 0.4) is 0 Å². The van der Waals surface area contributed by atoms with E-state index < -0.39 is 0 Å². The van der Waals surface area contributed by atoms with E-state index in [1.807, 2.05) is 22.7 Å². The fraction of sp³-hybridized carbons (Fsp3) is 0.438. The molecule has 8 nitrogen and oxygen atoms in total. The van der Waals surface area contributed by atoms with Gasteiger partial charge in [-0.2, -0.15) is 5.26 Å². The molecule has 4 heterocycles. The number of nitrogens with one attached hydrogen (secondary N) is 1. The molecule has 1 aliphatic heterocycles. The van der Waals surface area contributed by atoms with Crippen molar-refractivity contribution in [1.82, 2.24) is 29.5 Å². The van der Waals surface area contributed by atoms with Crippen molar-refractivity contribution < 1.29 is 4.79 Å². The van der Waals surface area contributed by atoms with Gasteiger partial charge in [0, 0.05) is 25.2 Å². The second kappa shape index (κ2) is 5.60. The van der Waals surface area contributed by atoms with Crippen LogP contribution in [-0.4, -0.2) is 48.5 Å². The van der Waals surface area contributed by atoms with E-state index in [0.717, 1.165) is 23.4 Å². The number of H-pyrrole nitrogens is 1. The number of aromatic nitrogens is 5. The minimum Gasteiger partial charge on any atom is -0.345 e. The number of likely N-dealkylation sites (tertiary alicyclic amines) is 1. The SMILES string of the molecule is CC[C@@H]1CN(C(=O)CC#N)C[C@@H]1c1nnc2cnc3[nH]ccc3n12. The number of fused-ring (bicyclic) bond motifs is 3. The molecule has 1 fully saturated rings. The van der Waals surface area contributed by atoms with Crippen LogP contribution in [-0.2, 0) is 4.79 Å². The van der Waals surface area contributed by atoms with Crippen molar-refractivity contribution in [1.29, 1.82) is 5.26 Å². The molecule has 122 valence electrons. The van der Waals surface area contributed by atoms with Crippen LogP contribution in [0.2, 0.25) is 0 Å². The van der Waals surface area contributed by atoms with E-state index in [1.165, 1.54) is 0 Å². The van der Waals surface area contributed by atoms with Crippen LogP contribution in [0.15, 0.2) is 18.5 Å². The van der Waals surface area contributed by atoms with Crippen LogP contribution in [0.5, 0.6) is 0 Å². The summed E-state index contributed by atoms with van der Waals surface area (Å²) in [5.41, 5.74) is 2.42. The molecule has 1 amide bonds. The summed E-state index contributed by atoms with van der Waals surface area (Å²) in [5, 5.41) is 17.4. The molecule has 0 saturated carbocycles. The zero-order valence-electron chi connectivity index (χ0n) is 13.3. The van der Waals surface area contributed by atoms with Crippen molar-refractivity contribution in [3.8, 4) is 6.07 Å². The summed E-state index contributed by atoms with van der Waals surface area (Å²) in [6.45, 7) is 3.36. The Balaban J connectivity index is 1.77. The smallest absolute Gasteiger partial charge is 0.236 e. The monoisotopic (exact) mass is 323 g/mol. The van der Waals surface area contributed by atoms with Crippen LogP contribution >= 0.6 is 0 Å². The maximum Gasteiger partial charge on any atom is 0.236 e. The number of rotatable bonds is 3. The van der Waals surface area contributed by atoms with E-state index in [2.05, 4.69) is 27.1 Å². The zero-order valence-corrected chi connectivity index (χ0v) is 13.3. The molecular formula is C16H17N7O. The molecule has 0 aromatic carbocycles. The molecule has 24 heavy (non-hydrogen) atoms. The molecular weight excluding hydrogens is 306 g/mol. The molecule has 0 spiro atoms. The number of hydrogen-bond donors (Lipinski definition) is 1. The highest BCUT2D eigenvalue weighted by Gasteiger charge is 2.37. The highest BCUT2D eigenvalue weighted by Crippen LogP contribution is 2.35. The van der Waals surface area contributed by atoms with Gasteiger partial charge in [0.05, 0.1) is 17.8 Å². The van der Waals surface area contributed by atoms with Gasteiger partial charge in [-0.25, -0.2) is 4.98 Å². The van der Waals surface area contributed by atoms with Crippen molar-refractivity contribution in [2.45, 2.75) is 25.7 Å². The average Bonchev–Trinajstić information content (AvgIpc) is 3.30. The van der Waals surface area contributed by atoms with Crippen LogP contribution in [0.1, 0.15) is 31.5 Å². The number of amides is 1. The van der Waals surface area contributed by atoms with Crippen molar-refractivity contribution in [3.05, 3.63) is 24.3 Å². The van der Waals surface area contributed by atoms with Gasteiger partial charge in [-0.3, -0.25) is 9.20 Å². The van der Waals surface area contributed by atoms with Gasteiger partial charge in [0.15, 0.2) is 11.3 Å². The predicted octanol–water partition coefficient (Wildman–Crippen LogP) is 1.47. The van der Waals surface area contributed by atoms with Gasteiger partial charge in [-0.15, -0.1) is 10.2 Å². The quantitative estimate of drug-likeness (QED) is 0.786. The fourth-order valence-corrected chi connectivity index (χ4v) is 3.60. The first-order valence-corrected chi connectivity index (χ1v) is 8.04. The van der Waals surface area contributed by atoms with Crippen LogP contribution in [0, 0.1) is 17.2 Å². The number of hydrogen-bond acceptors (Lipinski definition) is 5. The van der Waals surface area contributed by atoms with Gasteiger partial charge in [-0.05, 0) is 12.0 Å². The summed E-state index contributed by atoms with van der Waals surface area (Å²) >= 11 is 0. The fourth-order valence-electron chi connectivity index (χ4n) is 3.60. The minimum atomic E-state index is -0.110. The van der Waals surface area contributed by atoms with Gasteiger partial charge < -0.3 is 9.88 Å². The average molecular weight is 323 g/mol. The third-order valence-electron chi connectivity index (χ3n) is 4.85. The molecule has 1 aliphatic rings. The Hall–Kier alpha value is -2.95. The number of nitriles is 1. The maximum atomic E-state index is 12.1. The summed E-state index contributed by atoms with van der Waals surface area (Å²) in [4.78, 5) is 21.3. The molecule has 8 heteroatoms. The first-order chi connectivity index (χ1) is 11.7. The molecule has 1 N–H and O–H groups in total. The zero-order chi connectivity index (χ0) is 16.7. The molecule has 1 saturated heterocycles. The second-order valence-corrected chi connectivity index (χ2v) is 6.13. The maximum absolute atomic E-state index is 12.1. The van der Waals surface area contributed by atoms with Gasteiger partial charge in [0.2, 0.25) is 5.91 Å². The minimum absolute atomic E-state index is 0.0737. The third kappa shape index (κ3) is 2.12. The van der Waals surface area contributed by atoms with Crippen LogP contribution in [0.25, 0.3) is 16.8 Å². The molecule has 0 unspecified atom stereocenters. The highest BCUT2D eigenvalue weighted by molar-refractivity contribution is 5.79. The lowest BCUT2D eigenvalue weighted by molar-refractivity contribution is -0.129. The van der Waals surface area contributed by atoms with E-state index in [-0.39, 0.29) is 18.2 Å². The highest BCUT2D eigenvalue weighted by atomic mass is 16.2. The van der Waals surface area contributed by atoms with Crippen molar-refractivity contribution in [3.63, 3.8) is 0 Å². The number of aromatic amines is 1. The van der Waals surface area contributed by atoms with Crippen LogP contribution in [0.4, 0.5) is 0 Å². The Labute approximate surface area is 138 Å². The first-order valence-electron chi connectivity index (χ1n) is 8.04. The van der Waals surface area contributed by atoms with Gasteiger partial charge >= 0.3 is 0 Å². The summed E-state index contributed by atoms with van der Waals surface area (Å²) in [7, 11) is 0. The third-order valence-corrected chi connectivity index (χ3v) is 4.85. The Kier molecular flexibility index (Phi) is 3.41. The van der Waals surface area contributed by atoms with Crippen molar-refractivity contribution >= 4 is 22.7 Å². The summed E-state index contributed by atoms with van der Waals surface area (Å²) in [5.74, 6) is 1.16. The van der Waals surface area contributed by atoms with E-state index in [1.54, 1.807) is 11.1 Å². The topological polar surface area (TPSA) is 103 Å². The number of carbonyl (C=O) groups excluding carboxylic acids is 1. The normalized spacial score (nSPS) is 20.8. The standard InChI is InChI=1S/C16H17N7O/c1-2-10-8-22(14(24)3-5-17)9-11(10)16-21-20-13-7-19-15-12(23(13)16)4-6-18-15/h4,6-7,10-11,18H,2-3,8-9H2,1H3/t10-,11+/m1/s1. The van der Waals surface area contributed by atoms with Gasteiger partial charge in [0.25, 0.3) is 0 Å². The summed E-state index contributed by atoms with van der Waals surface area (Å²) in [6, 6.07) is 3.90. The summed E-state index contributed by atoms with van der Waals surface area (Å²) < 4.78 is 2.02. The molecule has 0 radical (unpaired) electrons. The second-order valence-electron chi connectivity index (χ2n) is 6.13. The van der Waals surface area contributed by atoms with Crippen LogP contribution < -0.4 is 0 Å². The van der Waals surface area contributed by atoms with E-state index in [0.29, 0.717) is 24.7 Å². The van der Waals surface area contributed by atoms with E-state index >= 15 is 0 Å². The number of carbonyl (C=O) groups is 1. The molecule has 2 atom stereocenters.